The second kappa shape index (κ2) is 86.0. The molecule has 8 rings (SSSR count). The van der Waals surface area contributed by atoms with Crippen LogP contribution in [0, 0.1) is 0 Å². The molecule has 0 nitrogen and oxygen atoms in total. The van der Waals surface area contributed by atoms with Gasteiger partial charge in [-0.1, -0.05) is 372 Å². The molecule has 0 bridgehead atoms. The monoisotopic (exact) mass is 889 g/mol. The molecule has 1 aliphatic rings. The van der Waals surface area contributed by atoms with Crippen molar-refractivity contribution in [2.24, 2.45) is 0 Å². The van der Waals surface area contributed by atoms with Crippen molar-refractivity contribution in [3.8, 4) is 11.1 Å². The van der Waals surface area contributed by atoms with Crippen LogP contribution in [-0.4, -0.2) is 0 Å². The van der Waals surface area contributed by atoms with E-state index in [-0.39, 0.29) is 0 Å². The Bertz CT molecular complexity index is 1370. The third-order valence-corrected chi connectivity index (χ3v) is 6.36. The largest absolute Gasteiger partial charge is 0.0683 e. The smallest absolute Gasteiger partial charge is 0.00135 e. The lowest BCUT2D eigenvalue weighted by molar-refractivity contribution is 1.26. The fraction of sp³-hybridized carbons (Fsp3) is 0.385. The molecule has 1 aliphatic carbocycles. The van der Waals surface area contributed by atoms with Crippen LogP contribution < -0.4 is 0 Å². The maximum Gasteiger partial charge on any atom is -0.00135 e. The summed E-state index contributed by atoms with van der Waals surface area (Å²) in [5, 5.41) is 2.62. The molecule has 0 aromatic heterocycles. The van der Waals surface area contributed by atoms with E-state index in [9.17, 15) is 0 Å². The van der Waals surface area contributed by atoms with E-state index in [1.54, 1.807) is 0 Å². The molecule has 368 valence electrons. The Labute approximate surface area is 410 Å². The average Bonchev–Trinajstić information content (AvgIpc) is 3.86. The Morgan fingerprint density at radius 3 is 0.477 bits per heavy atom. The molecule has 0 spiro atoms. The van der Waals surface area contributed by atoms with E-state index in [0.717, 1.165) is 6.42 Å². The molecule has 0 radical (unpaired) electrons. The molecule has 0 aliphatic heterocycles. The van der Waals surface area contributed by atoms with Crippen LogP contribution in [-0.2, 0) is 6.42 Å². The van der Waals surface area contributed by atoms with E-state index in [1.807, 2.05) is 275 Å². The molecular weight excluding hydrogens is 781 g/mol. The second-order valence-electron chi connectivity index (χ2n) is 9.30. The second-order valence-corrected chi connectivity index (χ2v) is 9.30. The minimum Gasteiger partial charge on any atom is -0.0683 e. The van der Waals surface area contributed by atoms with Crippen molar-refractivity contribution in [1.29, 1.82) is 0 Å². The molecular formula is C65H108. The predicted octanol–water partition coefficient (Wildman–Crippen LogP) is 23.5. The van der Waals surface area contributed by atoms with E-state index < -0.39 is 0 Å². The normalized spacial score (nSPS) is 7.32. The van der Waals surface area contributed by atoms with Crippen molar-refractivity contribution in [3.63, 3.8) is 0 Å². The molecule has 65 heavy (non-hydrogen) atoms. The zero-order valence-corrected chi connectivity index (χ0v) is 47.3. The number of benzene rings is 7. The van der Waals surface area contributed by atoms with Crippen LogP contribution in [0.3, 0.4) is 0 Å². The number of hydrogen-bond acceptors (Lipinski definition) is 0. The maximum absolute atomic E-state index is 2.22. The standard InChI is InChI=1S/C13H10.C10H8.3C6H6.12C2H6/c1-3-7-12-10(5-1)9-11-6-2-4-8-13(11)12;1-2-6-10-8-4-3-7-9(10)5-1;3*1-2-4-6-5-3-1;12*1-2/h1-8H,9H2;1-8H;3*1-6H;12*1-2H3. The van der Waals surface area contributed by atoms with Crippen molar-refractivity contribution in [2.75, 3.05) is 0 Å². The summed E-state index contributed by atoms with van der Waals surface area (Å²) in [5.74, 6) is 0. The summed E-state index contributed by atoms with van der Waals surface area (Å²) >= 11 is 0. The summed E-state index contributed by atoms with van der Waals surface area (Å²) in [7, 11) is 0. The first-order valence-electron chi connectivity index (χ1n) is 26.0. The number of fused-ring (bicyclic) bond motifs is 4. The lowest BCUT2D eigenvalue weighted by Crippen LogP contribution is -1.77. The summed E-state index contributed by atoms with van der Waals surface area (Å²) in [6.45, 7) is 48.0. The molecule has 0 atom stereocenters. The first-order chi connectivity index (χ1) is 32.4. The Kier molecular flexibility index (Phi) is 106. The quantitative estimate of drug-likeness (QED) is 0.142. The van der Waals surface area contributed by atoms with E-state index in [4.69, 9.17) is 0 Å². The van der Waals surface area contributed by atoms with Gasteiger partial charge in [0, 0.05) is 0 Å². The van der Waals surface area contributed by atoms with Gasteiger partial charge in [0.1, 0.15) is 0 Å². The van der Waals surface area contributed by atoms with Gasteiger partial charge < -0.3 is 0 Å². The first-order valence-corrected chi connectivity index (χ1v) is 26.0. The van der Waals surface area contributed by atoms with Crippen molar-refractivity contribution >= 4 is 10.8 Å². The van der Waals surface area contributed by atoms with Crippen molar-refractivity contribution in [1.82, 2.24) is 0 Å². The van der Waals surface area contributed by atoms with E-state index in [1.165, 1.54) is 33.0 Å². The van der Waals surface area contributed by atoms with Crippen molar-refractivity contribution in [2.45, 2.75) is 173 Å². The van der Waals surface area contributed by atoms with Crippen LogP contribution in [0.5, 0.6) is 0 Å². The van der Waals surface area contributed by atoms with Gasteiger partial charge in [-0.25, -0.2) is 0 Å². The number of hydrogen-bond donors (Lipinski definition) is 0. The highest BCUT2D eigenvalue weighted by Crippen LogP contribution is 2.35. The summed E-state index contributed by atoms with van der Waals surface area (Å²) in [6, 6.07) is 70.0. The van der Waals surface area contributed by atoms with Crippen LogP contribution in [0.25, 0.3) is 21.9 Å². The molecule has 0 unspecified atom stereocenters. The minimum absolute atomic E-state index is 1.10. The topological polar surface area (TPSA) is 0 Å². The molecule has 0 heterocycles. The van der Waals surface area contributed by atoms with Gasteiger partial charge in [0.05, 0.1) is 0 Å². The van der Waals surface area contributed by atoms with Crippen molar-refractivity contribution in [3.05, 3.63) is 217 Å². The predicted molar refractivity (Wildman–Crippen MR) is 314 cm³/mol. The molecule has 0 N–H and O–H groups in total. The van der Waals surface area contributed by atoms with Crippen LogP contribution in [0.2, 0.25) is 0 Å². The highest BCUT2D eigenvalue weighted by Gasteiger charge is 2.15. The Hall–Kier alpha value is -5.20. The Morgan fingerprint density at radius 2 is 0.308 bits per heavy atom. The van der Waals surface area contributed by atoms with Gasteiger partial charge in [-0.2, -0.15) is 0 Å². The van der Waals surface area contributed by atoms with Crippen LogP contribution in [0.4, 0.5) is 0 Å². The highest BCUT2D eigenvalue weighted by atomic mass is 14.2. The highest BCUT2D eigenvalue weighted by molar-refractivity contribution is 5.82. The molecule has 0 heteroatoms. The van der Waals surface area contributed by atoms with Gasteiger partial charge >= 0.3 is 0 Å². The summed E-state index contributed by atoms with van der Waals surface area (Å²) in [4.78, 5) is 0. The molecule has 0 saturated carbocycles. The summed E-state index contributed by atoms with van der Waals surface area (Å²) in [5.41, 5.74) is 5.75. The Balaban J connectivity index is -0.0000000787. The van der Waals surface area contributed by atoms with Gasteiger partial charge in [0.2, 0.25) is 0 Å². The number of rotatable bonds is 0. The molecule has 7 aromatic rings. The van der Waals surface area contributed by atoms with E-state index in [0.29, 0.717) is 0 Å². The van der Waals surface area contributed by atoms with Gasteiger partial charge in [-0.15, -0.1) is 0 Å². The van der Waals surface area contributed by atoms with Crippen LogP contribution >= 0.6 is 0 Å². The Morgan fingerprint density at radius 1 is 0.169 bits per heavy atom. The zero-order valence-electron chi connectivity index (χ0n) is 47.3. The van der Waals surface area contributed by atoms with Crippen LogP contribution in [0.1, 0.15) is 177 Å². The van der Waals surface area contributed by atoms with Gasteiger partial charge in [-0.05, 0) is 39.4 Å². The fourth-order valence-electron chi connectivity index (χ4n) is 4.37. The maximum atomic E-state index is 2.22. The first kappa shape index (κ1) is 80.1. The van der Waals surface area contributed by atoms with Gasteiger partial charge in [0.15, 0.2) is 0 Å². The zero-order chi connectivity index (χ0) is 52.2. The third kappa shape index (κ3) is 51.3. The molecule has 7 aromatic carbocycles. The molecule has 0 amide bonds. The minimum atomic E-state index is 1.10. The average molecular weight is 890 g/mol. The molecule has 0 fully saturated rings. The summed E-state index contributed by atoms with van der Waals surface area (Å²) < 4.78 is 0. The lowest BCUT2D eigenvalue weighted by Gasteiger charge is -1.98. The van der Waals surface area contributed by atoms with Crippen molar-refractivity contribution < 1.29 is 0 Å². The SMILES string of the molecule is CC.CC.CC.CC.CC.CC.CC.CC.CC.CC.CC.CC.c1ccc2c(c1)Cc1ccccc1-2.c1ccc2ccccc2c1.c1ccccc1.c1ccccc1.c1ccccc1. The van der Waals surface area contributed by atoms with E-state index in [2.05, 4.69) is 97.1 Å². The fourth-order valence-corrected chi connectivity index (χ4v) is 4.37. The third-order valence-electron chi connectivity index (χ3n) is 6.36. The van der Waals surface area contributed by atoms with E-state index >= 15 is 0 Å². The van der Waals surface area contributed by atoms with Gasteiger partial charge in [0.25, 0.3) is 0 Å². The van der Waals surface area contributed by atoms with Gasteiger partial charge in [-0.3, -0.25) is 0 Å². The lowest BCUT2D eigenvalue weighted by atomic mass is 10.1. The summed E-state index contributed by atoms with van der Waals surface area (Å²) in [6.07, 6.45) is 1.10. The molecule has 0 saturated heterocycles. The van der Waals surface area contributed by atoms with Crippen LogP contribution in [0.15, 0.2) is 206 Å².